The predicted molar refractivity (Wildman–Crippen MR) is 75.6 cm³/mol. The Balaban J connectivity index is 1.86. The van der Waals surface area contributed by atoms with Crippen LogP contribution in [0.1, 0.15) is 50.3 Å². The number of aliphatic hydroxyl groups is 1. The zero-order chi connectivity index (χ0) is 13.0. The summed E-state index contributed by atoms with van der Waals surface area (Å²) < 4.78 is 0. The van der Waals surface area contributed by atoms with Crippen molar-refractivity contribution in [3.8, 4) is 0 Å². The maximum absolute atomic E-state index is 9.29. The van der Waals surface area contributed by atoms with E-state index in [4.69, 9.17) is 0 Å². The molecule has 1 aliphatic carbocycles. The molecule has 1 atom stereocenters. The summed E-state index contributed by atoms with van der Waals surface area (Å²) in [5, 5.41) is 12.9. The van der Waals surface area contributed by atoms with Gasteiger partial charge in [-0.1, -0.05) is 38.1 Å². The van der Waals surface area contributed by atoms with Crippen molar-refractivity contribution >= 4 is 0 Å². The second-order valence-corrected chi connectivity index (χ2v) is 5.46. The number of benzene rings is 1. The summed E-state index contributed by atoms with van der Waals surface area (Å²) in [6, 6.07) is 9.40. The fourth-order valence-electron chi connectivity index (χ4n) is 2.66. The maximum atomic E-state index is 9.29. The summed E-state index contributed by atoms with van der Waals surface area (Å²) in [5.41, 5.74) is 2.78. The van der Waals surface area contributed by atoms with Gasteiger partial charge in [0.15, 0.2) is 0 Å². The highest BCUT2D eigenvalue weighted by Gasteiger charge is 2.27. The van der Waals surface area contributed by atoms with Gasteiger partial charge in [0.25, 0.3) is 0 Å². The second kappa shape index (κ2) is 6.35. The van der Waals surface area contributed by atoms with Gasteiger partial charge in [-0.25, -0.2) is 0 Å². The Morgan fingerprint density at radius 2 is 1.89 bits per heavy atom. The average molecular weight is 247 g/mol. The van der Waals surface area contributed by atoms with Crippen molar-refractivity contribution in [2.24, 2.45) is 5.92 Å². The van der Waals surface area contributed by atoms with Crippen LogP contribution in [-0.2, 0) is 6.42 Å². The van der Waals surface area contributed by atoms with Crippen molar-refractivity contribution in [1.29, 1.82) is 0 Å². The molecule has 0 spiro atoms. The van der Waals surface area contributed by atoms with Gasteiger partial charge in [-0.15, -0.1) is 0 Å². The van der Waals surface area contributed by atoms with Gasteiger partial charge in [-0.3, -0.25) is 0 Å². The van der Waals surface area contributed by atoms with Gasteiger partial charge in [-0.2, -0.15) is 0 Å². The molecule has 18 heavy (non-hydrogen) atoms. The first kappa shape index (κ1) is 13.6. The fourth-order valence-corrected chi connectivity index (χ4v) is 2.66. The highest BCUT2D eigenvalue weighted by molar-refractivity contribution is 5.25. The summed E-state index contributed by atoms with van der Waals surface area (Å²) >= 11 is 0. The Morgan fingerprint density at radius 1 is 1.22 bits per heavy atom. The Morgan fingerprint density at radius 3 is 2.39 bits per heavy atom. The molecular weight excluding hydrogens is 222 g/mol. The SMILES string of the molecule is CCc1ccc(C(CC)NCC2CC(O)C2)cc1. The first-order valence-corrected chi connectivity index (χ1v) is 7.23. The third-order valence-corrected chi connectivity index (χ3v) is 4.06. The molecule has 100 valence electrons. The monoisotopic (exact) mass is 247 g/mol. The maximum Gasteiger partial charge on any atom is 0.0546 e. The highest BCUT2D eigenvalue weighted by Crippen LogP contribution is 2.27. The number of hydrogen-bond donors (Lipinski definition) is 2. The van der Waals surface area contributed by atoms with Crippen LogP contribution in [0, 0.1) is 5.92 Å². The van der Waals surface area contributed by atoms with E-state index in [0.29, 0.717) is 12.0 Å². The van der Waals surface area contributed by atoms with Crippen LogP contribution in [0.3, 0.4) is 0 Å². The number of hydrogen-bond acceptors (Lipinski definition) is 2. The van der Waals surface area contributed by atoms with Crippen LogP contribution in [0.15, 0.2) is 24.3 Å². The molecule has 2 heteroatoms. The van der Waals surface area contributed by atoms with Crippen molar-refractivity contribution in [3.63, 3.8) is 0 Å². The lowest BCUT2D eigenvalue weighted by Crippen LogP contribution is -2.37. The minimum atomic E-state index is -0.0410. The molecule has 1 aliphatic rings. The van der Waals surface area contributed by atoms with E-state index in [2.05, 4.69) is 43.4 Å². The minimum Gasteiger partial charge on any atom is -0.393 e. The van der Waals surface area contributed by atoms with Crippen molar-refractivity contribution in [2.45, 2.75) is 51.7 Å². The molecule has 1 unspecified atom stereocenters. The number of aliphatic hydroxyl groups excluding tert-OH is 1. The van der Waals surface area contributed by atoms with E-state index in [1.807, 2.05) is 0 Å². The van der Waals surface area contributed by atoms with Gasteiger partial charge in [-0.05, 0) is 49.3 Å². The lowest BCUT2D eigenvalue weighted by Gasteiger charge is -2.33. The molecule has 1 aromatic rings. The molecule has 2 nitrogen and oxygen atoms in total. The number of rotatable bonds is 6. The predicted octanol–water partition coefficient (Wildman–Crippen LogP) is 3.06. The first-order valence-electron chi connectivity index (χ1n) is 7.23. The minimum absolute atomic E-state index is 0.0410. The standard InChI is InChI=1S/C16H25NO/c1-3-12-5-7-14(8-6-12)16(4-2)17-11-13-9-15(18)10-13/h5-8,13,15-18H,3-4,9-11H2,1-2H3. The van der Waals surface area contributed by atoms with Crippen molar-refractivity contribution in [2.75, 3.05) is 6.54 Å². The molecule has 0 bridgehead atoms. The Labute approximate surface area is 110 Å². The molecule has 1 saturated carbocycles. The fraction of sp³-hybridized carbons (Fsp3) is 0.625. The van der Waals surface area contributed by atoms with Crippen LogP contribution in [0.25, 0.3) is 0 Å². The van der Waals surface area contributed by atoms with Crippen LogP contribution < -0.4 is 5.32 Å². The van der Waals surface area contributed by atoms with Gasteiger partial charge >= 0.3 is 0 Å². The van der Waals surface area contributed by atoms with Gasteiger partial charge in [0.2, 0.25) is 0 Å². The smallest absolute Gasteiger partial charge is 0.0546 e. The summed E-state index contributed by atoms with van der Waals surface area (Å²) in [7, 11) is 0. The molecule has 1 fully saturated rings. The van der Waals surface area contributed by atoms with Crippen LogP contribution in [-0.4, -0.2) is 17.8 Å². The lowest BCUT2D eigenvalue weighted by molar-refractivity contribution is 0.0418. The largest absolute Gasteiger partial charge is 0.393 e. The molecule has 0 aliphatic heterocycles. The summed E-state index contributed by atoms with van der Waals surface area (Å²) in [5.74, 6) is 0.670. The molecule has 0 radical (unpaired) electrons. The molecule has 2 rings (SSSR count). The summed E-state index contributed by atoms with van der Waals surface area (Å²) in [6.07, 6.45) is 4.11. The number of aryl methyl sites for hydroxylation is 1. The normalized spacial score (nSPS) is 24.6. The van der Waals surface area contributed by atoms with E-state index in [9.17, 15) is 5.11 Å². The Bertz CT molecular complexity index is 354. The van der Waals surface area contributed by atoms with Gasteiger partial charge in [0.05, 0.1) is 6.10 Å². The highest BCUT2D eigenvalue weighted by atomic mass is 16.3. The van der Waals surface area contributed by atoms with Crippen molar-refractivity contribution in [3.05, 3.63) is 35.4 Å². The molecule has 0 amide bonds. The Kier molecular flexibility index (Phi) is 4.79. The van der Waals surface area contributed by atoms with Crippen LogP contribution in [0.5, 0.6) is 0 Å². The molecule has 0 saturated heterocycles. The van der Waals surface area contributed by atoms with Crippen molar-refractivity contribution < 1.29 is 5.11 Å². The van der Waals surface area contributed by atoms with E-state index in [-0.39, 0.29) is 6.10 Å². The van der Waals surface area contributed by atoms with Gasteiger partial charge in [0, 0.05) is 6.04 Å². The molecule has 1 aromatic carbocycles. The van der Waals surface area contributed by atoms with E-state index in [1.165, 1.54) is 11.1 Å². The first-order chi connectivity index (χ1) is 8.72. The summed E-state index contributed by atoms with van der Waals surface area (Å²) in [4.78, 5) is 0. The van der Waals surface area contributed by atoms with Crippen LogP contribution in [0.2, 0.25) is 0 Å². The molecule has 2 N–H and O–H groups in total. The summed E-state index contributed by atoms with van der Waals surface area (Å²) in [6.45, 7) is 5.44. The second-order valence-electron chi connectivity index (χ2n) is 5.46. The quantitative estimate of drug-likeness (QED) is 0.809. The molecule has 0 aromatic heterocycles. The van der Waals surface area contributed by atoms with Gasteiger partial charge < -0.3 is 10.4 Å². The van der Waals surface area contributed by atoms with Crippen molar-refractivity contribution in [1.82, 2.24) is 5.32 Å². The van der Waals surface area contributed by atoms with E-state index >= 15 is 0 Å². The zero-order valence-corrected chi connectivity index (χ0v) is 11.5. The zero-order valence-electron chi connectivity index (χ0n) is 11.5. The van der Waals surface area contributed by atoms with E-state index in [0.717, 1.165) is 32.2 Å². The third-order valence-electron chi connectivity index (χ3n) is 4.06. The lowest BCUT2D eigenvalue weighted by atomic mass is 9.82. The third kappa shape index (κ3) is 3.33. The number of nitrogens with one attached hydrogen (secondary N) is 1. The van der Waals surface area contributed by atoms with Crippen LogP contribution in [0.4, 0.5) is 0 Å². The average Bonchev–Trinajstić information content (AvgIpc) is 2.37. The van der Waals surface area contributed by atoms with Crippen LogP contribution >= 0.6 is 0 Å². The molecular formula is C16H25NO. The van der Waals surface area contributed by atoms with E-state index < -0.39 is 0 Å². The topological polar surface area (TPSA) is 32.3 Å². The van der Waals surface area contributed by atoms with E-state index in [1.54, 1.807) is 0 Å². The van der Waals surface area contributed by atoms with Gasteiger partial charge in [0.1, 0.15) is 0 Å². The molecule has 0 heterocycles. The Hall–Kier alpha value is -0.860.